The monoisotopic (exact) mass is 205 g/mol. The summed E-state index contributed by atoms with van der Waals surface area (Å²) < 4.78 is 0. The first-order valence-corrected chi connectivity index (χ1v) is 5.77. The Morgan fingerprint density at radius 1 is 1.33 bits per heavy atom. The molecule has 2 N–H and O–H groups in total. The molecule has 1 atom stereocenters. The minimum Gasteiger partial charge on any atom is -0.508 e. The van der Waals surface area contributed by atoms with Gasteiger partial charge in [-0.2, -0.15) is 0 Å². The summed E-state index contributed by atoms with van der Waals surface area (Å²) in [5.41, 5.74) is 1.27. The van der Waals surface area contributed by atoms with Crippen molar-refractivity contribution in [1.82, 2.24) is 5.32 Å². The zero-order valence-electron chi connectivity index (χ0n) is 9.24. The van der Waals surface area contributed by atoms with Gasteiger partial charge in [-0.3, -0.25) is 0 Å². The van der Waals surface area contributed by atoms with E-state index in [4.69, 9.17) is 0 Å². The molecular weight excluding hydrogens is 186 g/mol. The van der Waals surface area contributed by atoms with Gasteiger partial charge in [0.1, 0.15) is 5.75 Å². The Hall–Kier alpha value is -1.02. The van der Waals surface area contributed by atoms with Crippen molar-refractivity contribution < 1.29 is 5.11 Å². The molecule has 0 radical (unpaired) electrons. The van der Waals surface area contributed by atoms with E-state index in [2.05, 4.69) is 18.3 Å². The highest BCUT2D eigenvalue weighted by atomic mass is 16.3. The van der Waals surface area contributed by atoms with Crippen LogP contribution in [0, 0.1) is 5.92 Å². The fourth-order valence-electron chi connectivity index (χ4n) is 2.42. The molecule has 1 saturated heterocycles. The van der Waals surface area contributed by atoms with Crippen LogP contribution in [-0.4, -0.2) is 18.2 Å². The number of aromatic hydroxyl groups is 1. The highest BCUT2D eigenvalue weighted by Gasteiger charge is 2.21. The zero-order valence-corrected chi connectivity index (χ0v) is 9.24. The van der Waals surface area contributed by atoms with Crippen LogP contribution in [-0.2, 0) is 0 Å². The van der Waals surface area contributed by atoms with E-state index in [0.717, 1.165) is 19.0 Å². The molecule has 1 aromatic rings. The van der Waals surface area contributed by atoms with E-state index >= 15 is 0 Å². The van der Waals surface area contributed by atoms with Gasteiger partial charge in [-0.05, 0) is 55.5 Å². The Balaban J connectivity index is 2.08. The molecule has 2 nitrogen and oxygen atoms in total. The van der Waals surface area contributed by atoms with Crippen molar-refractivity contribution in [3.63, 3.8) is 0 Å². The van der Waals surface area contributed by atoms with E-state index in [1.807, 2.05) is 12.1 Å². The summed E-state index contributed by atoms with van der Waals surface area (Å²) in [7, 11) is 0. The summed E-state index contributed by atoms with van der Waals surface area (Å²) in [4.78, 5) is 0. The van der Waals surface area contributed by atoms with E-state index in [0.29, 0.717) is 11.7 Å². The van der Waals surface area contributed by atoms with E-state index in [-0.39, 0.29) is 0 Å². The zero-order chi connectivity index (χ0) is 10.7. The largest absolute Gasteiger partial charge is 0.508 e. The van der Waals surface area contributed by atoms with Crippen molar-refractivity contribution in [3.8, 4) is 5.75 Å². The Morgan fingerprint density at radius 2 is 2.07 bits per heavy atom. The number of benzene rings is 1. The molecule has 2 heteroatoms. The van der Waals surface area contributed by atoms with Gasteiger partial charge in [-0.1, -0.05) is 19.1 Å². The standard InChI is InChI=1S/C13H19NO/c1-10(11-5-7-14-8-6-11)12-3-2-4-13(15)9-12/h2-4,9-11,14-15H,5-8H2,1H3. The maximum atomic E-state index is 9.45. The predicted octanol–water partition coefficient (Wildman–Crippen LogP) is 2.50. The van der Waals surface area contributed by atoms with Gasteiger partial charge < -0.3 is 10.4 Å². The summed E-state index contributed by atoms with van der Waals surface area (Å²) in [5, 5.41) is 12.8. The number of nitrogens with one attached hydrogen (secondary N) is 1. The molecule has 0 saturated carbocycles. The minimum absolute atomic E-state index is 0.383. The molecular formula is C13H19NO. The fraction of sp³-hybridized carbons (Fsp3) is 0.538. The van der Waals surface area contributed by atoms with E-state index in [1.54, 1.807) is 6.07 Å². The first-order valence-electron chi connectivity index (χ1n) is 5.77. The number of hydrogen-bond donors (Lipinski definition) is 2. The van der Waals surface area contributed by atoms with Gasteiger partial charge in [0.05, 0.1) is 0 Å². The summed E-state index contributed by atoms with van der Waals surface area (Å²) in [6.07, 6.45) is 2.49. The van der Waals surface area contributed by atoms with Crippen LogP contribution in [0.5, 0.6) is 5.75 Å². The Kier molecular flexibility index (Phi) is 3.27. The van der Waals surface area contributed by atoms with Crippen molar-refractivity contribution in [2.45, 2.75) is 25.7 Å². The number of piperidine rings is 1. The second-order valence-corrected chi connectivity index (χ2v) is 4.47. The molecule has 0 aromatic heterocycles. The summed E-state index contributed by atoms with van der Waals surface area (Å²) in [5.74, 6) is 1.69. The highest BCUT2D eigenvalue weighted by Crippen LogP contribution is 2.31. The van der Waals surface area contributed by atoms with E-state index in [9.17, 15) is 5.11 Å². The molecule has 1 fully saturated rings. The molecule has 1 unspecified atom stereocenters. The minimum atomic E-state index is 0.383. The normalized spacial score (nSPS) is 20.1. The SMILES string of the molecule is CC(c1cccc(O)c1)C1CCNCC1. The maximum Gasteiger partial charge on any atom is 0.115 e. The highest BCUT2D eigenvalue weighted by molar-refractivity contribution is 5.29. The van der Waals surface area contributed by atoms with Gasteiger partial charge in [0.2, 0.25) is 0 Å². The van der Waals surface area contributed by atoms with Crippen LogP contribution in [0.3, 0.4) is 0 Å². The number of hydrogen-bond acceptors (Lipinski definition) is 2. The summed E-state index contributed by atoms with van der Waals surface area (Å²) in [6, 6.07) is 7.68. The Labute approximate surface area is 91.3 Å². The number of rotatable bonds is 2. The third-order valence-electron chi connectivity index (χ3n) is 3.49. The maximum absolute atomic E-state index is 9.45. The Bertz CT molecular complexity index is 318. The van der Waals surface area contributed by atoms with Gasteiger partial charge in [-0.15, -0.1) is 0 Å². The van der Waals surface area contributed by atoms with E-state index < -0.39 is 0 Å². The molecule has 0 bridgehead atoms. The molecule has 0 amide bonds. The molecule has 1 aliphatic heterocycles. The van der Waals surface area contributed by atoms with Crippen LogP contribution in [0.1, 0.15) is 31.2 Å². The Morgan fingerprint density at radius 3 is 2.73 bits per heavy atom. The van der Waals surface area contributed by atoms with Crippen LogP contribution < -0.4 is 5.32 Å². The van der Waals surface area contributed by atoms with Crippen LogP contribution >= 0.6 is 0 Å². The van der Waals surface area contributed by atoms with E-state index in [1.165, 1.54) is 18.4 Å². The second-order valence-electron chi connectivity index (χ2n) is 4.47. The van der Waals surface area contributed by atoms with Gasteiger partial charge in [0.15, 0.2) is 0 Å². The van der Waals surface area contributed by atoms with Crippen molar-refractivity contribution >= 4 is 0 Å². The number of phenols is 1. The molecule has 15 heavy (non-hydrogen) atoms. The molecule has 1 aliphatic rings. The van der Waals surface area contributed by atoms with Gasteiger partial charge >= 0.3 is 0 Å². The third kappa shape index (κ3) is 2.51. The van der Waals surface area contributed by atoms with Gasteiger partial charge in [0.25, 0.3) is 0 Å². The lowest BCUT2D eigenvalue weighted by molar-refractivity contribution is 0.330. The molecule has 1 aromatic carbocycles. The third-order valence-corrected chi connectivity index (χ3v) is 3.49. The quantitative estimate of drug-likeness (QED) is 0.777. The van der Waals surface area contributed by atoms with Crippen LogP contribution in [0.2, 0.25) is 0 Å². The molecule has 82 valence electrons. The van der Waals surface area contributed by atoms with Gasteiger partial charge in [0, 0.05) is 0 Å². The van der Waals surface area contributed by atoms with Crippen molar-refractivity contribution in [2.75, 3.05) is 13.1 Å². The smallest absolute Gasteiger partial charge is 0.115 e. The van der Waals surface area contributed by atoms with Crippen molar-refractivity contribution in [2.24, 2.45) is 5.92 Å². The number of phenolic OH excluding ortho intramolecular Hbond substituents is 1. The predicted molar refractivity (Wildman–Crippen MR) is 62.1 cm³/mol. The first kappa shape index (κ1) is 10.5. The van der Waals surface area contributed by atoms with Crippen LogP contribution in [0.4, 0.5) is 0 Å². The lowest BCUT2D eigenvalue weighted by atomic mass is 9.82. The summed E-state index contributed by atoms with van der Waals surface area (Å²) in [6.45, 7) is 4.53. The molecule has 0 spiro atoms. The fourth-order valence-corrected chi connectivity index (χ4v) is 2.42. The van der Waals surface area contributed by atoms with Gasteiger partial charge in [-0.25, -0.2) is 0 Å². The van der Waals surface area contributed by atoms with Crippen LogP contribution in [0.25, 0.3) is 0 Å². The molecule has 1 heterocycles. The average Bonchev–Trinajstić information content (AvgIpc) is 2.29. The lowest BCUT2D eigenvalue weighted by Crippen LogP contribution is -2.30. The van der Waals surface area contributed by atoms with Crippen molar-refractivity contribution in [1.29, 1.82) is 0 Å². The molecule has 0 aliphatic carbocycles. The van der Waals surface area contributed by atoms with Crippen LogP contribution in [0.15, 0.2) is 24.3 Å². The topological polar surface area (TPSA) is 32.3 Å². The average molecular weight is 205 g/mol. The lowest BCUT2D eigenvalue weighted by Gasteiger charge is -2.28. The molecule has 2 rings (SSSR count). The summed E-state index contributed by atoms with van der Waals surface area (Å²) >= 11 is 0. The van der Waals surface area contributed by atoms with Crippen molar-refractivity contribution in [3.05, 3.63) is 29.8 Å². The first-order chi connectivity index (χ1) is 7.27. The second kappa shape index (κ2) is 4.67.